The molecule has 1 fully saturated rings. The number of nitriles is 1. The molecule has 1 aliphatic heterocycles. The lowest BCUT2D eigenvalue weighted by Gasteiger charge is -2.13. The van der Waals surface area contributed by atoms with Crippen molar-refractivity contribution in [3.05, 3.63) is 77.4 Å². The summed E-state index contributed by atoms with van der Waals surface area (Å²) in [6.07, 6.45) is 3.66. The lowest BCUT2D eigenvalue weighted by atomic mass is 10.1. The van der Waals surface area contributed by atoms with E-state index in [1.54, 1.807) is 36.4 Å². The van der Waals surface area contributed by atoms with Crippen LogP contribution in [0.1, 0.15) is 24.0 Å². The molecule has 1 aliphatic rings. The number of nitrogens with one attached hydrogen (secondary N) is 1. The fourth-order valence-electron chi connectivity index (χ4n) is 3.96. The Morgan fingerprint density at radius 3 is 2.51 bits per heavy atom. The summed E-state index contributed by atoms with van der Waals surface area (Å²) < 4.78 is 38.8. The topological polar surface area (TPSA) is 71.3 Å². The summed E-state index contributed by atoms with van der Waals surface area (Å²) >= 11 is 1.34. The number of ether oxygens (including phenoxy) is 2. The van der Waals surface area contributed by atoms with Gasteiger partial charge in [-0.15, -0.1) is 11.8 Å². The van der Waals surface area contributed by atoms with E-state index in [4.69, 9.17) is 14.7 Å². The van der Waals surface area contributed by atoms with Gasteiger partial charge in [-0.05, 0) is 84.3 Å². The van der Waals surface area contributed by atoms with E-state index < -0.39 is 11.6 Å². The van der Waals surface area contributed by atoms with E-state index in [-0.39, 0.29) is 25.0 Å². The van der Waals surface area contributed by atoms with Crippen LogP contribution in [0.4, 0.5) is 8.78 Å². The number of hydrogen-bond acceptors (Lipinski definition) is 6. The molecule has 8 heteroatoms. The summed E-state index contributed by atoms with van der Waals surface area (Å²) in [4.78, 5) is 13.0. The first-order chi connectivity index (χ1) is 17.0. The van der Waals surface area contributed by atoms with Gasteiger partial charge in [0.1, 0.15) is 24.1 Å². The molecule has 1 saturated heterocycles. The molecule has 0 saturated carbocycles. The highest BCUT2D eigenvalue weighted by atomic mass is 32.2. The van der Waals surface area contributed by atoms with E-state index >= 15 is 0 Å². The third kappa shape index (κ3) is 6.18. The van der Waals surface area contributed by atoms with Crippen molar-refractivity contribution in [2.24, 2.45) is 0 Å². The van der Waals surface area contributed by atoms with Crippen LogP contribution in [0.2, 0.25) is 0 Å². The van der Waals surface area contributed by atoms with E-state index in [0.29, 0.717) is 22.0 Å². The smallest absolute Gasteiger partial charge is 0.328 e. The predicted octanol–water partition coefficient (Wildman–Crippen LogP) is 5.66. The quantitative estimate of drug-likeness (QED) is 0.248. The molecule has 1 N–H and O–H groups in total. The molecule has 1 atom stereocenters. The third-order valence-electron chi connectivity index (χ3n) is 5.69. The Morgan fingerprint density at radius 2 is 1.83 bits per heavy atom. The molecule has 4 rings (SSSR count). The summed E-state index contributed by atoms with van der Waals surface area (Å²) in [5, 5.41) is 12.2. The van der Waals surface area contributed by atoms with Crippen molar-refractivity contribution in [2.45, 2.75) is 36.8 Å². The second-order valence-corrected chi connectivity index (χ2v) is 9.02. The van der Waals surface area contributed by atoms with Crippen LogP contribution in [0.25, 0.3) is 11.1 Å². The molecule has 0 aliphatic carbocycles. The van der Waals surface area contributed by atoms with Crippen LogP contribution in [0, 0.1) is 23.0 Å². The fourth-order valence-corrected chi connectivity index (χ4v) is 4.58. The van der Waals surface area contributed by atoms with Crippen LogP contribution >= 0.6 is 11.8 Å². The summed E-state index contributed by atoms with van der Waals surface area (Å²) in [6, 6.07) is 16.5. The van der Waals surface area contributed by atoms with E-state index in [1.165, 1.54) is 23.9 Å². The van der Waals surface area contributed by atoms with Gasteiger partial charge in [-0.1, -0.05) is 18.2 Å². The standard InChI is InChI=1S/C27H24F2N2O3S/c1-35-26-15-24(29)23(28)14-22(26)19-4-6-20(7-5-19)33-16-18-11-17(8-9-30)12-21(13-18)34-27(32)25-3-2-10-31-25/h4-7,11-15,25,31H,2-3,8,10,16H2,1H3. The van der Waals surface area contributed by atoms with Crippen LogP contribution in [0.3, 0.4) is 0 Å². The highest BCUT2D eigenvalue weighted by Crippen LogP contribution is 2.33. The minimum atomic E-state index is -0.893. The molecule has 1 unspecified atom stereocenters. The minimum Gasteiger partial charge on any atom is -0.489 e. The second-order valence-electron chi connectivity index (χ2n) is 8.17. The van der Waals surface area contributed by atoms with Crippen LogP contribution in [0.5, 0.6) is 11.5 Å². The molecule has 3 aromatic carbocycles. The van der Waals surface area contributed by atoms with Crippen molar-refractivity contribution in [1.82, 2.24) is 5.32 Å². The Kier molecular flexibility index (Phi) is 8.01. The zero-order valence-corrected chi connectivity index (χ0v) is 20.0. The van der Waals surface area contributed by atoms with Gasteiger partial charge < -0.3 is 14.8 Å². The lowest BCUT2D eigenvalue weighted by Crippen LogP contribution is -2.34. The molecule has 0 radical (unpaired) electrons. The fraction of sp³-hybridized carbons (Fsp3) is 0.259. The number of thioether (sulfide) groups is 1. The van der Waals surface area contributed by atoms with Gasteiger partial charge in [0.25, 0.3) is 0 Å². The maximum absolute atomic E-state index is 13.8. The van der Waals surface area contributed by atoms with Gasteiger partial charge in [-0.25, -0.2) is 13.6 Å². The molecule has 0 bridgehead atoms. The van der Waals surface area contributed by atoms with E-state index in [9.17, 15) is 13.6 Å². The molecular weight excluding hydrogens is 470 g/mol. The summed E-state index contributed by atoms with van der Waals surface area (Å²) in [5.74, 6) is -1.13. The van der Waals surface area contributed by atoms with Gasteiger partial charge in [0.05, 0.1) is 12.5 Å². The lowest BCUT2D eigenvalue weighted by molar-refractivity contribution is -0.136. The molecule has 3 aromatic rings. The first kappa shape index (κ1) is 24.7. The number of rotatable bonds is 8. The number of esters is 1. The van der Waals surface area contributed by atoms with Gasteiger partial charge >= 0.3 is 5.97 Å². The van der Waals surface area contributed by atoms with Crippen molar-refractivity contribution in [2.75, 3.05) is 12.8 Å². The molecule has 5 nitrogen and oxygen atoms in total. The predicted molar refractivity (Wildman–Crippen MR) is 130 cm³/mol. The van der Waals surface area contributed by atoms with Crippen molar-refractivity contribution in [1.29, 1.82) is 5.26 Å². The van der Waals surface area contributed by atoms with Gasteiger partial charge in [-0.2, -0.15) is 5.26 Å². The zero-order chi connectivity index (χ0) is 24.8. The largest absolute Gasteiger partial charge is 0.489 e. The average Bonchev–Trinajstić information content (AvgIpc) is 3.40. The number of halogens is 2. The molecule has 0 aromatic heterocycles. The number of carbonyl (C=O) groups excluding carboxylic acids is 1. The van der Waals surface area contributed by atoms with Gasteiger partial charge in [0, 0.05) is 4.90 Å². The summed E-state index contributed by atoms with van der Waals surface area (Å²) in [6.45, 7) is 0.993. The molecule has 1 heterocycles. The zero-order valence-electron chi connectivity index (χ0n) is 19.1. The van der Waals surface area contributed by atoms with E-state index in [0.717, 1.165) is 36.1 Å². The van der Waals surface area contributed by atoms with E-state index in [2.05, 4.69) is 11.4 Å². The van der Waals surface area contributed by atoms with Crippen molar-refractivity contribution < 1.29 is 23.0 Å². The maximum atomic E-state index is 13.8. The molecule has 0 amide bonds. The van der Waals surface area contributed by atoms with Gasteiger partial charge in [0.2, 0.25) is 0 Å². The Bertz CT molecular complexity index is 1250. The first-order valence-electron chi connectivity index (χ1n) is 11.2. The number of nitrogens with zero attached hydrogens (tertiary/aromatic N) is 1. The first-order valence-corrected chi connectivity index (χ1v) is 12.4. The van der Waals surface area contributed by atoms with Gasteiger partial charge in [0.15, 0.2) is 11.6 Å². The van der Waals surface area contributed by atoms with Crippen LogP contribution < -0.4 is 14.8 Å². The summed E-state index contributed by atoms with van der Waals surface area (Å²) in [5.41, 5.74) is 2.84. The second kappa shape index (κ2) is 11.3. The Morgan fingerprint density at radius 1 is 1.09 bits per heavy atom. The van der Waals surface area contributed by atoms with Crippen LogP contribution in [-0.2, 0) is 17.8 Å². The average molecular weight is 495 g/mol. The highest BCUT2D eigenvalue weighted by Gasteiger charge is 2.24. The maximum Gasteiger partial charge on any atom is 0.328 e. The Labute approximate surface area is 207 Å². The molecular formula is C27H24F2N2O3S. The highest BCUT2D eigenvalue weighted by molar-refractivity contribution is 7.98. The monoisotopic (exact) mass is 494 g/mol. The molecule has 180 valence electrons. The van der Waals surface area contributed by atoms with Crippen LogP contribution in [0.15, 0.2) is 59.5 Å². The SMILES string of the molecule is CSc1cc(F)c(F)cc1-c1ccc(OCc2cc(CC#N)cc(OC(=O)C3CCCN3)c2)cc1. The van der Waals surface area contributed by atoms with Crippen molar-refractivity contribution >= 4 is 17.7 Å². The van der Waals surface area contributed by atoms with Crippen LogP contribution in [-0.4, -0.2) is 24.8 Å². The Balaban J connectivity index is 1.47. The third-order valence-corrected chi connectivity index (χ3v) is 6.46. The van der Waals surface area contributed by atoms with E-state index in [1.807, 2.05) is 12.3 Å². The number of carbonyl (C=O) groups is 1. The summed E-state index contributed by atoms with van der Waals surface area (Å²) in [7, 11) is 0. The number of benzene rings is 3. The minimum absolute atomic E-state index is 0.181. The molecule has 0 spiro atoms. The Hall–Kier alpha value is -3.41. The van der Waals surface area contributed by atoms with Crippen molar-refractivity contribution in [3.63, 3.8) is 0 Å². The number of hydrogen-bond donors (Lipinski definition) is 1. The molecule has 35 heavy (non-hydrogen) atoms. The van der Waals surface area contributed by atoms with Crippen molar-refractivity contribution in [3.8, 4) is 28.7 Å². The normalized spacial score (nSPS) is 15.0. The van der Waals surface area contributed by atoms with Gasteiger partial charge in [-0.3, -0.25) is 0 Å².